The summed E-state index contributed by atoms with van der Waals surface area (Å²) in [5, 5.41) is 14.1. The Morgan fingerprint density at radius 1 is 1.65 bits per heavy atom. The number of hydrogen-bond acceptors (Lipinski definition) is 6. The van der Waals surface area contributed by atoms with Crippen LogP contribution in [0.5, 0.6) is 0 Å². The molecule has 0 saturated carbocycles. The van der Waals surface area contributed by atoms with Gasteiger partial charge in [0.2, 0.25) is 0 Å². The predicted molar refractivity (Wildman–Crippen MR) is 74.6 cm³/mol. The second kappa shape index (κ2) is 7.18. The lowest BCUT2D eigenvalue weighted by Crippen LogP contribution is -2.38. The van der Waals surface area contributed by atoms with Gasteiger partial charge in [-0.25, -0.2) is 4.98 Å². The summed E-state index contributed by atoms with van der Waals surface area (Å²) in [4.78, 5) is 16.3. The lowest BCUT2D eigenvalue weighted by atomic mass is 10.2. The number of rotatable bonds is 7. The third-order valence-electron chi connectivity index (χ3n) is 2.65. The standard InChI is InChI=1S/C13H16N2O4S/c1-18-7-9(4-5-16)14-12(17)10-8-20-13(15-10)11-3-2-6-19-11/h2-3,6,8-9,16H,4-5,7H2,1H3,(H,14,17). The summed E-state index contributed by atoms with van der Waals surface area (Å²) in [7, 11) is 1.55. The minimum absolute atomic E-state index is 0.0109. The van der Waals surface area contributed by atoms with Gasteiger partial charge in [-0.3, -0.25) is 4.79 Å². The van der Waals surface area contributed by atoms with E-state index < -0.39 is 0 Å². The highest BCUT2D eigenvalue weighted by Crippen LogP contribution is 2.23. The molecule has 0 aliphatic rings. The SMILES string of the molecule is COCC(CCO)NC(=O)c1csc(-c2ccco2)n1. The van der Waals surface area contributed by atoms with Gasteiger partial charge in [-0.1, -0.05) is 0 Å². The Kier molecular flexibility index (Phi) is 5.28. The lowest BCUT2D eigenvalue weighted by Gasteiger charge is -2.15. The molecule has 1 atom stereocenters. The zero-order valence-corrected chi connectivity index (χ0v) is 11.9. The van der Waals surface area contributed by atoms with Crippen LogP contribution in [0.1, 0.15) is 16.9 Å². The van der Waals surface area contributed by atoms with Crippen LogP contribution in [0.4, 0.5) is 0 Å². The van der Waals surface area contributed by atoms with Gasteiger partial charge in [-0.15, -0.1) is 11.3 Å². The average Bonchev–Trinajstić information content (AvgIpc) is 3.10. The summed E-state index contributed by atoms with van der Waals surface area (Å²) < 4.78 is 10.2. The Morgan fingerprint density at radius 2 is 2.50 bits per heavy atom. The number of nitrogens with one attached hydrogen (secondary N) is 1. The summed E-state index contributed by atoms with van der Waals surface area (Å²) in [6, 6.07) is 3.33. The number of amides is 1. The zero-order valence-electron chi connectivity index (χ0n) is 11.0. The number of thiazole rings is 1. The van der Waals surface area contributed by atoms with Crippen LogP contribution >= 0.6 is 11.3 Å². The van der Waals surface area contributed by atoms with Crippen molar-refractivity contribution in [3.63, 3.8) is 0 Å². The average molecular weight is 296 g/mol. The molecule has 2 N–H and O–H groups in total. The Balaban J connectivity index is 2.02. The summed E-state index contributed by atoms with van der Waals surface area (Å²) >= 11 is 1.34. The first-order chi connectivity index (χ1) is 9.74. The minimum Gasteiger partial charge on any atom is -0.462 e. The van der Waals surface area contributed by atoms with Crippen LogP contribution in [0, 0.1) is 0 Å². The van der Waals surface area contributed by atoms with E-state index in [0.717, 1.165) is 0 Å². The van der Waals surface area contributed by atoms with Crippen molar-refractivity contribution in [3.05, 3.63) is 29.5 Å². The number of aromatic nitrogens is 1. The molecule has 1 unspecified atom stereocenters. The molecule has 0 spiro atoms. The van der Waals surface area contributed by atoms with E-state index >= 15 is 0 Å². The highest BCUT2D eigenvalue weighted by Gasteiger charge is 2.17. The summed E-state index contributed by atoms with van der Waals surface area (Å²) in [5.41, 5.74) is 0.334. The van der Waals surface area contributed by atoms with Crippen molar-refractivity contribution in [1.82, 2.24) is 10.3 Å². The van der Waals surface area contributed by atoms with Gasteiger partial charge >= 0.3 is 0 Å². The molecular formula is C13H16N2O4S. The van der Waals surface area contributed by atoms with E-state index in [1.165, 1.54) is 11.3 Å². The number of ether oxygens (including phenoxy) is 1. The van der Waals surface area contributed by atoms with Crippen LogP contribution in [0.3, 0.4) is 0 Å². The van der Waals surface area contributed by atoms with Crippen LogP contribution in [-0.2, 0) is 4.74 Å². The quantitative estimate of drug-likeness (QED) is 0.809. The first-order valence-electron chi connectivity index (χ1n) is 6.14. The molecule has 2 rings (SSSR count). The third kappa shape index (κ3) is 3.66. The van der Waals surface area contributed by atoms with Crippen LogP contribution in [0.2, 0.25) is 0 Å². The van der Waals surface area contributed by atoms with E-state index in [2.05, 4.69) is 10.3 Å². The molecule has 0 saturated heterocycles. The molecule has 2 aromatic rings. The number of carbonyl (C=O) groups is 1. The van der Waals surface area contributed by atoms with Crippen molar-refractivity contribution < 1.29 is 19.1 Å². The first kappa shape index (κ1) is 14.7. The van der Waals surface area contributed by atoms with Gasteiger partial charge in [-0.2, -0.15) is 0 Å². The molecule has 0 aromatic carbocycles. The number of aliphatic hydroxyl groups is 1. The van der Waals surface area contributed by atoms with Crippen molar-refractivity contribution >= 4 is 17.2 Å². The number of carbonyl (C=O) groups excluding carboxylic acids is 1. The molecule has 0 bridgehead atoms. The van der Waals surface area contributed by atoms with Gasteiger partial charge in [0.05, 0.1) is 18.9 Å². The Bertz CT molecular complexity index is 532. The van der Waals surface area contributed by atoms with Crippen molar-refractivity contribution in [2.24, 2.45) is 0 Å². The molecule has 2 heterocycles. The molecule has 0 aliphatic heterocycles. The molecule has 7 heteroatoms. The smallest absolute Gasteiger partial charge is 0.271 e. The maximum Gasteiger partial charge on any atom is 0.271 e. The van der Waals surface area contributed by atoms with Crippen molar-refractivity contribution in [2.45, 2.75) is 12.5 Å². The number of aliphatic hydroxyl groups excluding tert-OH is 1. The fraction of sp³-hybridized carbons (Fsp3) is 0.385. The number of nitrogens with zero attached hydrogens (tertiary/aromatic N) is 1. The van der Waals surface area contributed by atoms with Crippen LogP contribution in [-0.4, -0.2) is 42.4 Å². The monoisotopic (exact) mass is 296 g/mol. The van der Waals surface area contributed by atoms with Crippen molar-refractivity contribution in [3.8, 4) is 10.8 Å². The minimum atomic E-state index is -0.283. The van der Waals surface area contributed by atoms with Crippen molar-refractivity contribution in [1.29, 1.82) is 0 Å². The Hall–Kier alpha value is -1.70. The molecule has 6 nitrogen and oxygen atoms in total. The second-order valence-electron chi connectivity index (χ2n) is 4.15. The van der Waals surface area contributed by atoms with Gasteiger partial charge in [-0.05, 0) is 18.6 Å². The maximum absolute atomic E-state index is 12.1. The van der Waals surface area contributed by atoms with Gasteiger partial charge < -0.3 is 19.6 Å². The van der Waals surface area contributed by atoms with Crippen LogP contribution < -0.4 is 5.32 Å². The van der Waals surface area contributed by atoms with Gasteiger partial charge in [0.1, 0.15) is 5.69 Å². The Morgan fingerprint density at radius 3 is 3.15 bits per heavy atom. The lowest BCUT2D eigenvalue weighted by molar-refractivity contribution is 0.0874. The van der Waals surface area contributed by atoms with Gasteiger partial charge in [0.15, 0.2) is 10.8 Å². The summed E-state index contributed by atoms with van der Waals surface area (Å²) in [6.07, 6.45) is 2.00. The summed E-state index contributed by atoms with van der Waals surface area (Å²) in [5.74, 6) is 0.354. The van der Waals surface area contributed by atoms with E-state index in [0.29, 0.717) is 29.5 Å². The second-order valence-corrected chi connectivity index (χ2v) is 5.01. The van der Waals surface area contributed by atoms with E-state index in [-0.39, 0.29) is 18.6 Å². The molecule has 1 amide bonds. The molecule has 0 fully saturated rings. The maximum atomic E-state index is 12.1. The number of methoxy groups -OCH3 is 1. The van der Waals surface area contributed by atoms with E-state index in [1.807, 2.05) is 0 Å². The predicted octanol–water partition coefficient (Wildman–Crippen LogP) is 1.53. The van der Waals surface area contributed by atoms with Crippen LogP contribution in [0.25, 0.3) is 10.8 Å². The third-order valence-corrected chi connectivity index (χ3v) is 3.51. The Labute approximate surface area is 120 Å². The molecule has 2 aromatic heterocycles. The fourth-order valence-corrected chi connectivity index (χ4v) is 2.47. The zero-order chi connectivity index (χ0) is 14.4. The molecule has 20 heavy (non-hydrogen) atoms. The highest BCUT2D eigenvalue weighted by atomic mass is 32.1. The summed E-state index contributed by atoms with van der Waals surface area (Å²) in [6.45, 7) is 0.338. The first-order valence-corrected chi connectivity index (χ1v) is 7.02. The van der Waals surface area contributed by atoms with Crippen molar-refractivity contribution in [2.75, 3.05) is 20.3 Å². The molecular weight excluding hydrogens is 280 g/mol. The fourth-order valence-electron chi connectivity index (χ4n) is 1.70. The highest BCUT2D eigenvalue weighted by molar-refractivity contribution is 7.13. The normalized spacial score (nSPS) is 12.3. The van der Waals surface area contributed by atoms with Gasteiger partial charge in [0, 0.05) is 19.1 Å². The topological polar surface area (TPSA) is 84.6 Å². The number of furan rings is 1. The number of hydrogen-bond donors (Lipinski definition) is 2. The van der Waals surface area contributed by atoms with E-state index in [1.54, 1.807) is 30.9 Å². The molecule has 108 valence electrons. The van der Waals surface area contributed by atoms with Crippen LogP contribution in [0.15, 0.2) is 28.2 Å². The largest absolute Gasteiger partial charge is 0.462 e. The molecule has 0 radical (unpaired) electrons. The van der Waals surface area contributed by atoms with Gasteiger partial charge in [0.25, 0.3) is 5.91 Å². The van der Waals surface area contributed by atoms with E-state index in [4.69, 9.17) is 14.3 Å². The molecule has 0 aliphatic carbocycles. The van der Waals surface area contributed by atoms with E-state index in [9.17, 15) is 4.79 Å².